The highest BCUT2D eigenvalue weighted by atomic mass is 16.4. The minimum atomic E-state index is -0.777. The fraction of sp³-hybridized carbons (Fsp3) is 0.875. The number of carboxylic acids is 1. The second-order valence-electron chi connectivity index (χ2n) is 3.44. The summed E-state index contributed by atoms with van der Waals surface area (Å²) in [4.78, 5) is 12.4. The summed E-state index contributed by atoms with van der Waals surface area (Å²) >= 11 is 0. The molecule has 0 aliphatic carbocycles. The zero-order chi connectivity index (χ0) is 8.97. The zero-order valence-electron chi connectivity index (χ0n) is 7.42. The van der Waals surface area contributed by atoms with E-state index in [1.165, 1.54) is 6.42 Å². The van der Waals surface area contributed by atoms with Gasteiger partial charge >= 0.3 is 5.97 Å². The van der Waals surface area contributed by atoms with Crippen molar-refractivity contribution in [3.63, 3.8) is 0 Å². The number of aliphatic carboxylic acids is 1. The van der Waals surface area contributed by atoms with Gasteiger partial charge in [-0.25, -0.2) is 0 Å². The van der Waals surface area contributed by atoms with E-state index in [0.717, 1.165) is 19.6 Å². The van der Waals surface area contributed by atoms with Crippen LogP contribution >= 0.6 is 0 Å². The largest absolute Gasteiger partial charge is 0.480 e. The maximum absolute atomic E-state index is 10.2. The Morgan fingerprint density at radius 1 is 1.75 bits per heavy atom. The Balaban J connectivity index is 2.04. The van der Waals surface area contributed by atoms with Gasteiger partial charge in [-0.05, 0) is 32.5 Å². The van der Waals surface area contributed by atoms with Crippen LogP contribution in [0.4, 0.5) is 0 Å². The molecule has 1 rings (SSSR count). The molecule has 0 saturated carbocycles. The van der Waals surface area contributed by atoms with Crippen LogP contribution in [0.1, 0.15) is 6.42 Å². The Bertz CT molecular complexity index is 161. The summed E-state index contributed by atoms with van der Waals surface area (Å²) < 4.78 is 0. The quantitative estimate of drug-likeness (QED) is 0.606. The van der Waals surface area contributed by atoms with Crippen molar-refractivity contribution in [3.05, 3.63) is 0 Å². The second kappa shape index (κ2) is 4.42. The van der Waals surface area contributed by atoms with Crippen LogP contribution in [0.5, 0.6) is 0 Å². The highest BCUT2D eigenvalue weighted by Crippen LogP contribution is 2.12. The Kier molecular flexibility index (Phi) is 3.49. The van der Waals surface area contributed by atoms with Gasteiger partial charge in [-0.1, -0.05) is 0 Å². The summed E-state index contributed by atoms with van der Waals surface area (Å²) in [6, 6.07) is 0. The SMILES string of the molecule is CN1CC[C@H](CNCC(=O)O)C1. The van der Waals surface area contributed by atoms with Gasteiger partial charge < -0.3 is 15.3 Å². The van der Waals surface area contributed by atoms with Gasteiger partial charge in [0.1, 0.15) is 0 Å². The molecule has 12 heavy (non-hydrogen) atoms. The van der Waals surface area contributed by atoms with Crippen LogP contribution in [0.3, 0.4) is 0 Å². The minimum absolute atomic E-state index is 0.0835. The van der Waals surface area contributed by atoms with Crippen LogP contribution in [-0.2, 0) is 4.79 Å². The molecule has 1 atom stereocenters. The van der Waals surface area contributed by atoms with Crippen molar-refractivity contribution in [1.29, 1.82) is 0 Å². The van der Waals surface area contributed by atoms with Gasteiger partial charge in [-0.15, -0.1) is 0 Å². The molecule has 0 aromatic heterocycles. The lowest BCUT2D eigenvalue weighted by atomic mass is 10.1. The molecule has 4 heteroatoms. The molecular weight excluding hydrogens is 156 g/mol. The number of nitrogens with zero attached hydrogens (tertiary/aromatic N) is 1. The maximum atomic E-state index is 10.2. The summed E-state index contributed by atoms with van der Waals surface area (Å²) in [5.41, 5.74) is 0. The first-order chi connectivity index (χ1) is 5.68. The molecule has 2 N–H and O–H groups in total. The van der Waals surface area contributed by atoms with Crippen molar-refractivity contribution in [2.75, 3.05) is 33.2 Å². The van der Waals surface area contributed by atoms with Crippen molar-refractivity contribution in [3.8, 4) is 0 Å². The van der Waals surface area contributed by atoms with Gasteiger partial charge in [0.05, 0.1) is 6.54 Å². The van der Waals surface area contributed by atoms with E-state index < -0.39 is 5.97 Å². The molecule has 1 saturated heterocycles. The smallest absolute Gasteiger partial charge is 0.317 e. The third kappa shape index (κ3) is 3.19. The number of rotatable bonds is 4. The van der Waals surface area contributed by atoms with Crippen LogP contribution in [0, 0.1) is 5.92 Å². The van der Waals surface area contributed by atoms with Crippen molar-refractivity contribution < 1.29 is 9.90 Å². The first kappa shape index (κ1) is 9.48. The molecule has 0 unspecified atom stereocenters. The van der Waals surface area contributed by atoms with Crippen LogP contribution in [0.25, 0.3) is 0 Å². The van der Waals surface area contributed by atoms with Crippen molar-refractivity contribution >= 4 is 5.97 Å². The molecule has 1 aliphatic heterocycles. The van der Waals surface area contributed by atoms with Crippen molar-refractivity contribution in [1.82, 2.24) is 10.2 Å². The topological polar surface area (TPSA) is 52.6 Å². The fourth-order valence-electron chi connectivity index (χ4n) is 1.58. The van der Waals surface area contributed by atoms with E-state index in [4.69, 9.17) is 5.11 Å². The Morgan fingerprint density at radius 2 is 2.50 bits per heavy atom. The average molecular weight is 172 g/mol. The molecule has 0 bridgehead atoms. The number of carbonyl (C=O) groups is 1. The normalized spacial score (nSPS) is 24.6. The highest BCUT2D eigenvalue weighted by Gasteiger charge is 2.18. The van der Waals surface area contributed by atoms with Crippen LogP contribution in [0.15, 0.2) is 0 Å². The molecule has 0 aromatic carbocycles. The monoisotopic (exact) mass is 172 g/mol. The fourth-order valence-corrected chi connectivity index (χ4v) is 1.58. The average Bonchev–Trinajstić information content (AvgIpc) is 2.35. The zero-order valence-corrected chi connectivity index (χ0v) is 7.42. The molecule has 4 nitrogen and oxygen atoms in total. The highest BCUT2D eigenvalue weighted by molar-refractivity contribution is 5.68. The van der Waals surface area contributed by atoms with E-state index >= 15 is 0 Å². The summed E-state index contributed by atoms with van der Waals surface area (Å²) in [5, 5.41) is 11.3. The summed E-state index contributed by atoms with van der Waals surface area (Å²) in [7, 11) is 2.09. The summed E-state index contributed by atoms with van der Waals surface area (Å²) in [5.74, 6) is -0.143. The van der Waals surface area contributed by atoms with Crippen LogP contribution < -0.4 is 5.32 Å². The number of hydrogen-bond acceptors (Lipinski definition) is 3. The van der Waals surface area contributed by atoms with Gasteiger partial charge in [0.15, 0.2) is 0 Å². The standard InChI is InChI=1S/C8H16N2O2/c1-10-3-2-7(6-10)4-9-5-8(11)12/h7,9H,2-6H2,1H3,(H,11,12)/t7-/m1/s1. The van der Waals surface area contributed by atoms with Gasteiger partial charge in [0, 0.05) is 6.54 Å². The molecule has 0 radical (unpaired) electrons. The van der Waals surface area contributed by atoms with Gasteiger partial charge in [0.2, 0.25) is 0 Å². The molecular formula is C8H16N2O2. The Hall–Kier alpha value is -0.610. The van der Waals surface area contributed by atoms with E-state index in [9.17, 15) is 4.79 Å². The summed E-state index contributed by atoms with van der Waals surface area (Å²) in [6.45, 7) is 3.14. The second-order valence-corrected chi connectivity index (χ2v) is 3.44. The van der Waals surface area contributed by atoms with E-state index in [-0.39, 0.29) is 6.54 Å². The van der Waals surface area contributed by atoms with E-state index in [1.54, 1.807) is 0 Å². The number of carboxylic acid groups (broad SMARTS) is 1. The molecule has 0 amide bonds. The lowest BCUT2D eigenvalue weighted by Crippen LogP contribution is -2.29. The predicted molar refractivity (Wildman–Crippen MR) is 46.1 cm³/mol. The van der Waals surface area contributed by atoms with Crippen LogP contribution in [0.2, 0.25) is 0 Å². The first-order valence-corrected chi connectivity index (χ1v) is 4.29. The van der Waals surface area contributed by atoms with Gasteiger partial charge in [-0.3, -0.25) is 4.79 Å². The third-order valence-electron chi connectivity index (χ3n) is 2.20. The van der Waals surface area contributed by atoms with E-state index in [2.05, 4.69) is 17.3 Å². The van der Waals surface area contributed by atoms with E-state index in [0.29, 0.717) is 5.92 Å². The lowest BCUT2D eigenvalue weighted by molar-refractivity contribution is -0.135. The number of likely N-dealkylation sites (tertiary alicyclic amines) is 1. The maximum Gasteiger partial charge on any atom is 0.317 e. The predicted octanol–water partition coefficient (Wildman–Crippen LogP) is -0.388. The van der Waals surface area contributed by atoms with E-state index in [1.807, 2.05) is 0 Å². The lowest BCUT2D eigenvalue weighted by Gasteiger charge is -2.09. The van der Waals surface area contributed by atoms with Crippen molar-refractivity contribution in [2.24, 2.45) is 5.92 Å². The third-order valence-corrected chi connectivity index (χ3v) is 2.20. The first-order valence-electron chi connectivity index (χ1n) is 4.29. The Labute approximate surface area is 72.6 Å². The number of nitrogens with one attached hydrogen (secondary N) is 1. The molecule has 0 spiro atoms. The minimum Gasteiger partial charge on any atom is -0.480 e. The van der Waals surface area contributed by atoms with Crippen molar-refractivity contribution in [2.45, 2.75) is 6.42 Å². The number of hydrogen-bond donors (Lipinski definition) is 2. The molecule has 70 valence electrons. The Morgan fingerprint density at radius 3 is 3.00 bits per heavy atom. The molecule has 0 aromatic rings. The van der Waals surface area contributed by atoms with Gasteiger partial charge in [-0.2, -0.15) is 0 Å². The van der Waals surface area contributed by atoms with Gasteiger partial charge in [0.25, 0.3) is 0 Å². The summed E-state index contributed by atoms with van der Waals surface area (Å²) in [6.07, 6.45) is 1.18. The molecule has 1 fully saturated rings. The van der Waals surface area contributed by atoms with Crippen LogP contribution in [-0.4, -0.2) is 49.2 Å². The molecule has 1 aliphatic rings. The molecule has 1 heterocycles.